The molecule has 5 nitrogen and oxygen atoms in total. The van der Waals surface area contributed by atoms with Gasteiger partial charge in [0.05, 0.1) is 5.56 Å². The van der Waals surface area contributed by atoms with Gasteiger partial charge in [0.1, 0.15) is 17.3 Å². The largest absolute Gasteiger partial charge is 0.457 e. The van der Waals surface area contributed by atoms with Crippen molar-refractivity contribution in [1.29, 1.82) is 0 Å². The van der Waals surface area contributed by atoms with Crippen LogP contribution in [0.15, 0.2) is 51.8 Å². The van der Waals surface area contributed by atoms with E-state index in [9.17, 15) is 9.59 Å². The van der Waals surface area contributed by atoms with Crippen molar-refractivity contribution in [2.24, 2.45) is 0 Å². The molecule has 0 N–H and O–H groups in total. The summed E-state index contributed by atoms with van der Waals surface area (Å²) in [5.41, 5.74) is 1.69. The van der Waals surface area contributed by atoms with E-state index in [-0.39, 0.29) is 17.3 Å². The Morgan fingerprint density at radius 1 is 1.30 bits per heavy atom. The number of aryl methyl sites for hydroxylation is 1. The number of rotatable bonds is 3. The fourth-order valence-electron chi connectivity index (χ4n) is 2.22. The molecule has 0 saturated carbocycles. The SMILES string of the molecule is Cc1ccc2c(COC(=O)c3cccnc3Cl)cc(=O)oc2c1. The van der Waals surface area contributed by atoms with E-state index in [1.54, 1.807) is 12.1 Å². The summed E-state index contributed by atoms with van der Waals surface area (Å²) in [5, 5.41) is 0.797. The molecule has 0 bridgehead atoms. The van der Waals surface area contributed by atoms with Crippen LogP contribution in [0.4, 0.5) is 0 Å². The number of halogens is 1. The number of carbonyl (C=O) groups excluding carboxylic acids is 1. The van der Waals surface area contributed by atoms with Crippen molar-refractivity contribution in [3.05, 3.63) is 74.9 Å². The van der Waals surface area contributed by atoms with Crippen LogP contribution in [0.25, 0.3) is 11.0 Å². The first-order chi connectivity index (χ1) is 11.0. The number of carbonyl (C=O) groups is 1. The summed E-state index contributed by atoms with van der Waals surface area (Å²) in [4.78, 5) is 27.5. The molecule has 0 aliphatic carbocycles. The van der Waals surface area contributed by atoms with Crippen molar-refractivity contribution < 1.29 is 13.9 Å². The lowest BCUT2D eigenvalue weighted by Gasteiger charge is -2.08. The Morgan fingerprint density at radius 2 is 2.13 bits per heavy atom. The highest BCUT2D eigenvalue weighted by molar-refractivity contribution is 6.32. The molecular formula is C17H12ClNO4. The first-order valence-corrected chi connectivity index (χ1v) is 7.23. The monoisotopic (exact) mass is 329 g/mol. The zero-order valence-electron chi connectivity index (χ0n) is 12.2. The molecule has 3 rings (SSSR count). The van der Waals surface area contributed by atoms with Crippen LogP contribution in [0, 0.1) is 6.92 Å². The summed E-state index contributed by atoms with van der Waals surface area (Å²) >= 11 is 5.86. The number of nitrogens with zero attached hydrogens (tertiary/aromatic N) is 1. The maximum Gasteiger partial charge on any atom is 0.341 e. The van der Waals surface area contributed by atoms with Crippen molar-refractivity contribution >= 4 is 28.5 Å². The van der Waals surface area contributed by atoms with Gasteiger partial charge in [-0.25, -0.2) is 14.6 Å². The van der Waals surface area contributed by atoms with E-state index in [4.69, 9.17) is 20.8 Å². The Balaban J connectivity index is 1.89. The Morgan fingerprint density at radius 3 is 2.91 bits per heavy atom. The second-order valence-electron chi connectivity index (χ2n) is 5.01. The summed E-state index contributed by atoms with van der Waals surface area (Å²) in [7, 11) is 0. The van der Waals surface area contributed by atoms with Crippen LogP contribution in [0.3, 0.4) is 0 Å². The van der Waals surface area contributed by atoms with E-state index in [1.807, 2.05) is 19.1 Å². The number of fused-ring (bicyclic) bond motifs is 1. The Bertz CT molecular complexity index is 949. The summed E-state index contributed by atoms with van der Waals surface area (Å²) in [5.74, 6) is -0.600. The van der Waals surface area contributed by atoms with Crippen LogP contribution in [0.2, 0.25) is 5.15 Å². The first kappa shape index (κ1) is 15.2. The standard InChI is InChI=1S/C17H12ClNO4/c1-10-4-5-12-11(8-15(20)23-14(12)7-10)9-22-17(21)13-3-2-6-19-16(13)18/h2-8H,9H2,1H3. The summed E-state index contributed by atoms with van der Waals surface area (Å²) in [6.07, 6.45) is 1.48. The molecule has 0 unspecified atom stereocenters. The molecule has 116 valence electrons. The lowest BCUT2D eigenvalue weighted by molar-refractivity contribution is 0.0473. The topological polar surface area (TPSA) is 69.4 Å². The van der Waals surface area contributed by atoms with Crippen LogP contribution in [-0.2, 0) is 11.3 Å². The zero-order chi connectivity index (χ0) is 16.4. The third-order valence-corrected chi connectivity index (χ3v) is 3.62. The number of ether oxygens (including phenoxy) is 1. The van der Waals surface area contributed by atoms with Crippen LogP contribution in [0.5, 0.6) is 0 Å². The number of benzene rings is 1. The van der Waals surface area contributed by atoms with E-state index in [1.165, 1.54) is 18.3 Å². The molecule has 0 fully saturated rings. The molecule has 1 aromatic carbocycles. The smallest absolute Gasteiger partial charge is 0.341 e. The van der Waals surface area contributed by atoms with Gasteiger partial charge in [0, 0.05) is 23.2 Å². The molecule has 0 aliphatic rings. The minimum absolute atomic E-state index is 0.0603. The Hall–Kier alpha value is -2.66. The molecule has 23 heavy (non-hydrogen) atoms. The van der Waals surface area contributed by atoms with Crippen LogP contribution in [-0.4, -0.2) is 11.0 Å². The molecule has 0 amide bonds. The van der Waals surface area contributed by atoms with Gasteiger partial charge < -0.3 is 9.15 Å². The van der Waals surface area contributed by atoms with Gasteiger partial charge in [0.25, 0.3) is 0 Å². The second kappa shape index (κ2) is 6.22. The lowest BCUT2D eigenvalue weighted by Crippen LogP contribution is -2.09. The maximum atomic E-state index is 12.1. The third-order valence-electron chi connectivity index (χ3n) is 3.32. The van der Waals surface area contributed by atoms with Crippen molar-refractivity contribution in [2.45, 2.75) is 13.5 Å². The molecule has 0 atom stereocenters. The van der Waals surface area contributed by atoms with Crippen molar-refractivity contribution in [1.82, 2.24) is 4.98 Å². The molecule has 6 heteroatoms. The summed E-state index contributed by atoms with van der Waals surface area (Å²) in [6, 6.07) is 9.92. The number of hydrogen-bond acceptors (Lipinski definition) is 5. The van der Waals surface area contributed by atoms with E-state index >= 15 is 0 Å². The molecule has 0 radical (unpaired) electrons. The van der Waals surface area contributed by atoms with Crippen LogP contribution in [0.1, 0.15) is 21.5 Å². The van der Waals surface area contributed by atoms with Gasteiger partial charge in [-0.3, -0.25) is 0 Å². The predicted octanol–water partition coefficient (Wildman–Crippen LogP) is 3.51. The van der Waals surface area contributed by atoms with Gasteiger partial charge in [-0.05, 0) is 30.7 Å². The molecule has 0 spiro atoms. The van der Waals surface area contributed by atoms with Gasteiger partial charge in [-0.2, -0.15) is 0 Å². The second-order valence-corrected chi connectivity index (χ2v) is 5.37. The highest BCUT2D eigenvalue weighted by Crippen LogP contribution is 2.20. The van der Waals surface area contributed by atoms with E-state index in [0.717, 1.165) is 10.9 Å². The van der Waals surface area contributed by atoms with Crippen molar-refractivity contribution in [3.8, 4) is 0 Å². The number of hydrogen-bond donors (Lipinski definition) is 0. The van der Waals surface area contributed by atoms with Crippen LogP contribution >= 0.6 is 11.6 Å². The van der Waals surface area contributed by atoms with Crippen LogP contribution < -0.4 is 5.63 Å². The molecular weight excluding hydrogens is 318 g/mol. The highest BCUT2D eigenvalue weighted by atomic mass is 35.5. The predicted molar refractivity (Wildman–Crippen MR) is 85.6 cm³/mol. The van der Waals surface area contributed by atoms with Gasteiger partial charge in [0.15, 0.2) is 0 Å². The average Bonchev–Trinajstić information content (AvgIpc) is 2.52. The first-order valence-electron chi connectivity index (χ1n) is 6.85. The minimum Gasteiger partial charge on any atom is -0.457 e. The molecule has 0 aliphatic heterocycles. The zero-order valence-corrected chi connectivity index (χ0v) is 13.0. The average molecular weight is 330 g/mol. The third kappa shape index (κ3) is 3.24. The lowest BCUT2D eigenvalue weighted by atomic mass is 10.1. The number of esters is 1. The fourth-order valence-corrected chi connectivity index (χ4v) is 2.41. The van der Waals surface area contributed by atoms with Gasteiger partial charge in [-0.1, -0.05) is 23.7 Å². The molecule has 2 heterocycles. The fraction of sp³-hybridized carbons (Fsp3) is 0.118. The van der Waals surface area contributed by atoms with Crippen molar-refractivity contribution in [2.75, 3.05) is 0 Å². The molecule has 0 saturated heterocycles. The quantitative estimate of drug-likeness (QED) is 0.418. The molecule has 2 aromatic heterocycles. The maximum absolute atomic E-state index is 12.1. The summed E-state index contributed by atoms with van der Waals surface area (Å²) < 4.78 is 10.4. The Kier molecular flexibility index (Phi) is 4.12. The highest BCUT2D eigenvalue weighted by Gasteiger charge is 2.14. The number of pyridine rings is 1. The van der Waals surface area contributed by atoms with Crippen molar-refractivity contribution in [3.63, 3.8) is 0 Å². The van der Waals surface area contributed by atoms with E-state index < -0.39 is 11.6 Å². The number of aromatic nitrogens is 1. The van der Waals surface area contributed by atoms with Gasteiger partial charge in [-0.15, -0.1) is 0 Å². The Labute approximate surface area is 136 Å². The minimum atomic E-state index is -0.600. The van der Waals surface area contributed by atoms with Gasteiger partial charge in [0.2, 0.25) is 0 Å². The summed E-state index contributed by atoms with van der Waals surface area (Å²) in [6.45, 7) is 1.84. The normalized spacial score (nSPS) is 10.7. The molecule has 3 aromatic rings. The van der Waals surface area contributed by atoms with E-state index in [0.29, 0.717) is 11.1 Å². The van der Waals surface area contributed by atoms with Gasteiger partial charge >= 0.3 is 11.6 Å². The van der Waals surface area contributed by atoms with E-state index in [2.05, 4.69) is 4.98 Å².